The fourth-order valence-corrected chi connectivity index (χ4v) is 1.79. The monoisotopic (exact) mass is 298 g/mol. The van der Waals surface area contributed by atoms with Gasteiger partial charge in [-0.05, 0) is 23.1 Å². The van der Waals surface area contributed by atoms with E-state index in [1.165, 1.54) is 0 Å². The van der Waals surface area contributed by atoms with Crippen molar-refractivity contribution in [2.24, 2.45) is 11.1 Å². The predicted octanol–water partition coefficient (Wildman–Crippen LogP) is 2.44. The van der Waals surface area contributed by atoms with E-state index in [1.807, 2.05) is 45.0 Å². The summed E-state index contributed by atoms with van der Waals surface area (Å²) in [5, 5.41) is 2.85. The molecule has 4 heteroatoms. The van der Waals surface area contributed by atoms with Crippen LogP contribution in [0.5, 0.6) is 0 Å². The summed E-state index contributed by atoms with van der Waals surface area (Å²) in [5.41, 5.74) is 6.70. The van der Waals surface area contributed by atoms with E-state index in [0.29, 0.717) is 6.54 Å². The van der Waals surface area contributed by atoms with E-state index in [4.69, 9.17) is 5.73 Å². The molecule has 17 heavy (non-hydrogen) atoms. The van der Waals surface area contributed by atoms with Crippen LogP contribution in [0, 0.1) is 5.41 Å². The zero-order valence-corrected chi connectivity index (χ0v) is 12.0. The van der Waals surface area contributed by atoms with Crippen LogP contribution in [0.1, 0.15) is 26.3 Å². The molecule has 1 aromatic rings. The second kappa shape index (κ2) is 5.65. The topological polar surface area (TPSA) is 55.1 Å². The van der Waals surface area contributed by atoms with Crippen LogP contribution >= 0.6 is 15.9 Å². The number of benzene rings is 1. The van der Waals surface area contributed by atoms with Crippen LogP contribution in [0.3, 0.4) is 0 Å². The van der Waals surface area contributed by atoms with Crippen LogP contribution in [-0.4, -0.2) is 11.9 Å². The fraction of sp³-hybridized carbons (Fsp3) is 0.462. The number of rotatable bonds is 3. The largest absolute Gasteiger partial charge is 0.351 e. The number of nitrogens with two attached hydrogens (primary N) is 1. The minimum absolute atomic E-state index is 0.113. The number of halogens is 1. The molecule has 0 aliphatic rings. The average Bonchev–Trinajstić information content (AvgIpc) is 2.23. The summed E-state index contributed by atoms with van der Waals surface area (Å²) < 4.78 is 1.00. The molecule has 0 spiro atoms. The smallest absolute Gasteiger partial charge is 0.237 e. The Bertz CT molecular complexity index is 399. The van der Waals surface area contributed by atoms with Gasteiger partial charge in [0.1, 0.15) is 0 Å². The Morgan fingerprint density at radius 1 is 1.47 bits per heavy atom. The highest BCUT2D eigenvalue weighted by atomic mass is 79.9. The number of amides is 1. The molecule has 3 nitrogen and oxygen atoms in total. The van der Waals surface area contributed by atoms with Crippen molar-refractivity contribution in [2.75, 3.05) is 0 Å². The molecule has 0 aliphatic heterocycles. The quantitative estimate of drug-likeness (QED) is 0.900. The van der Waals surface area contributed by atoms with Gasteiger partial charge in [0.25, 0.3) is 0 Å². The summed E-state index contributed by atoms with van der Waals surface area (Å²) in [6.07, 6.45) is 0. The first kappa shape index (κ1) is 14.2. The molecule has 0 heterocycles. The standard InChI is InChI=1S/C13H19BrN2O/c1-13(2,3)11(15)12(17)16-8-9-5-4-6-10(14)7-9/h4-7,11H,8,15H2,1-3H3,(H,16,17)/t11-/m0/s1. The maximum absolute atomic E-state index is 11.8. The molecule has 1 aromatic carbocycles. The van der Waals surface area contributed by atoms with Gasteiger partial charge in [0.15, 0.2) is 0 Å². The lowest BCUT2D eigenvalue weighted by molar-refractivity contribution is -0.124. The Labute approximate surface area is 111 Å². The van der Waals surface area contributed by atoms with Crippen molar-refractivity contribution >= 4 is 21.8 Å². The lowest BCUT2D eigenvalue weighted by Crippen LogP contribution is -2.48. The summed E-state index contributed by atoms with van der Waals surface area (Å²) in [6, 6.07) is 7.34. The lowest BCUT2D eigenvalue weighted by atomic mass is 9.87. The van der Waals surface area contributed by atoms with Crippen LogP contribution in [0.4, 0.5) is 0 Å². The summed E-state index contributed by atoms with van der Waals surface area (Å²) in [7, 11) is 0. The maximum atomic E-state index is 11.8. The Morgan fingerprint density at radius 3 is 2.65 bits per heavy atom. The van der Waals surface area contributed by atoms with E-state index >= 15 is 0 Å². The Balaban J connectivity index is 2.54. The van der Waals surface area contributed by atoms with Crippen LogP contribution in [0.15, 0.2) is 28.7 Å². The van der Waals surface area contributed by atoms with Crippen LogP contribution in [0.2, 0.25) is 0 Å². The number of nitrogens with one attached hydrogen (secondary N) is 1. The van der Waals surface area contributed by atoms with Gasteiger partial charge in [-0.2, -0.15) is 0 Å². The molecule has 0 unspecified atom stereocenters. The minimum Gasteiger partial charge on any atom is -0.351 e. The molecule has 0 aromatic heterocycles. The molecule has 0 fully saturated rings. The molecule has 94 valence electrons. The van der Waals surface area contributed by atoms with Gasteiger partial charge in [0.2, 0.25) is 5.91 Å². The zero-order valence-electron chi connectivity index (χ0n) is 10.5. The number of carbonyl (C=O) groups excluding carboxylic acids is 1. The fourth-order valence-electron chi connectivity index (χ4n) is 1.34. The van der Waals surface area contributed by atoms with E-state index in [-0.39, 0.29) is 11.3 Å². The lowest BCUT2D eigenvalue weighted by Gasteiger charge is -2.25. The van der Waals surface area contributed by atoms with Crippen molar-refractivity contribution in [3.63, 3.8) is 0 Å². The maximum Gasteiger partial charge on any atom is 0.237 e. The van der Waals surface area contributed by atoms with Gasteiger partial charge in [0.05, 0.1) is 6.04 Å². The molecule has 1 amide bonds. The van der Waals surface area contributed by atoms with Crippen molar-refractivity contribution in [1.82, 2.24) is 5.32 Å². The highest BCUT2D eigenvalue weighted by Crippen LogP contribution is 2.17. The van der Waals surface area contributed by atoms with Crippen LogP contribution in [0.25, 0.3) is 0 Å². The molecule has 0 saturated heterocycles. The number of hydrogen-bond donors (Lipinski definition) is 2. The van der Waals surface area contributed by atoms with Crippen molar-refractivity contribution in [3.8, 4) is 0 Å². The molecular weight excluding hydrogens is 280 g/mol. The second-order valence-corrected chi connectivity index (χ2v) is 6.11. The molecular formula is C13H19BrN2O. The van der Waals surface area contributed by atoms with E-state index in [0.717, 1.165) is 10.0 Å². The van der Waals surface area contributed by atoms with Gasteiger partial charge in [0, 0.05) is 11.0 Å². The predicted molar refractivity (Wildman–Crippen MR) is 73.4 cm³/mol. The molecule has 1 rings (SSSR count). The van der Waals surface area contributed by atoms with Gasteiger partial charge < -0.3 is 11.1 Å². The number of hydrogen-bond acceptors (Lipinski definition) is 2. The molecule has 3 N–H and O–H groups in total. The Morgan fingerprint density at radius 2 is 2.12 bits per heavy atom. The minimum atomic E-state index is -0.491. The van der Waals surface area contributed by atoms with Crippen LogP contribution < -0.4 is 11.1 Å². The number of carbonyl (C=O) groups is 1. The molecule has 0 radical (unpaired) electrons. The van der Waals surface area contributed by atoms with Gasteiger partial charge in [-0.25, -0.2) is 0 Å². The first-order valence-electron chi connectivity index (χ1n) is 5.58. The van der Waals surface area contributed by atoms with E-state index in [2.05, 4.69) is 21.2 Å². The third kappa shape index (κ3) is 4.48. The van der Waals surface area contributed by atoms with Gasteiger partial charge in [-0.1, -0.05) is 48.8 Å². The molecule has 0 aliphatic carbocycles. The Hall–Kier alpha value is -0.870. The zero-order chi connectivity index (χ0) is 13.1. The Kier molecular flexibility index (Phi) is 4.71. The van der Waals surface area contributed by atoms with Crippen molar-refractivity contribution in [2.45, 2.75) is 33.4 Å². The van der Waals surface area contributed by atoms with E-state index in [9.17, 15) is 4.79 Å². The SMILES string of the molecule is CC(C)(C)[C@@H](N)C(=O)NCc1cccc(Br)c1. The highest BCUT2D eigenvalue weighted by molar-refractivity contribution is 9.10. The molecule has 1 atom stereocenters. The highest BCUT2D eigenvalue weighted by Gasteiger charge is 2.26. The molecule has 0 saturated carbocycles. The van der Waals surface area contributed by atoms with Crippen molar-refractivity contribution in [3.05, 3.63) is 34.3 Å². The summed E-state index contributed by atoms with van der Waals surface area (Å²) in [4.78, 5) is 11.8. The van der Waals surface area contributed by atoms with Crippen molar-refractivity contribution < 1.29 is 4.79 Å². The van der Waals surface area contributed by atoms with Gasteiger partial charge in [-0.3, -0.25) is 4.79 Å². The third-order valence-electron chi connectivity index (χ3n) is 2.57. The average molecular weight is 299 g/mol. The molecule has 0 bridgehead atoms. The van der Waals surface area contributed by atoms with Gasteiger partial charge in [-0.15, -0.1) is 0 Å². The first-order valence-corrected chi connectivity index (χ1v) is 6.38. The van der Waals surface area contributed by atoms with Crippen LogP contribution in [-0.2, 0) is 11.3 Å². The summed E-state index contributed by atoms with van der Waals surface area (Å²) in [5.74, 6) is -0.113. The second-order valence-electron chi connectivity index (χ2n) is 5.19. The van der Waals surface area contributed by atoms with E-state index in [1.54, 1.807) is 0 Å². The van der Waals surface area contributed by atoms with Gasteiger partial charge >= 0.3 is 0 Å². The summed E-state index contributed by atoms with van der Waals surface area (Å²) in [6.45, 7) is 6.37. The first-order chi connectivity index (χ1) is 7.80. The summed E-state index contributed by atoms with van der Waals surface area (Å²) >= 11 is 3.39. The third-order valence-corrected chi connectivity index (χ3v) is 3.06. The normalized spacial score (nSPS) is 13.2. The van der Waals surface area contributed by atoms with Crippen molar-refractivity contribution in [1.29, 1.82) is 0 Å². The van der Waals surface area contributed by atoms with E-state index < -0.39 is 6.04 Å².